The Morgan fingerprint density at radius 3 is 0.571 bits per heavy atom. The number of hydrogen-bond donors (Lipinski definition) is 0. The minimum absolute atomic E-state index is 0. The molecule has 0 aromatic heterocycles. The zero-order valence-corrected chi connectivity index (χ0v) is 18.0. The van der Waals surface area contributed by atoms with Crippen molar-refractivity contribution in [3.05, 3.63) is 0 Å². The summed E-state index contributed by atoms with van der Waals surface area (Å²) in [6.07, 6.45) is 0. The third kappa shape index (κ3) is 37.6. The van der Waals surface area contributed by atoms with Crippen molar-refractivity contribution in [1.82, 2.24) is 0 Å². The molecule has 2 N–H and O–H groups in total. The Morgan fingerprint density at radius 1 is 0.571 bits per heavy atom. The molecule has 0 radical (unpaired) electrons. The molecule has 0 amide bonds. The van der Waals surface area contributed by atoms with Gasteiger partial charge in [-0.3, -0.25) is 0 Å². The van der Waals surface area contributed by atoms with E-state index in [1.165, 1.54) is 0 Å². The van der Waals surface area contributed by atoms with E-state index in [-0.39, 0.29) is 177 Å². The molecule has 0 unspecified atom stereocenters. The summed E-state index contributed by atoms with van der Waals surface area (Å²) >= 11 is 0. The molecular weight excluding hydrogens is 382 g/mol. The van der Waals surface area contributed by atoms with E-state index >= 15 is 0 Å². The van der Waals surface area contributed by atoms with Crippen LogP contribution < -0.4 is 138 Å². The van der Waals surface area contributed by atoms with Gasteiger partial charge in [-0.15, -0.1) is 0 Å². The van der Waals surface area contributed by atoms with E-state index in [9.17, 15) is 0 Å². The zero-order chi connectivity index (χ0) is 0. The van der Waals surface area contributed by atoms with Gasteiger partial charge < -0.3 is 21.9 Å². The Morgan fingerprint density at radius 2 is 0.571 bits per heavy atom. The minimum Gasteiger partial charge on any atom is -2.00 e. The van der Waals surface area contributed by atoms with Gasteiger partial charge in [0.05, 0.1) is 0 Å². The van der Waals surface area contributed by atoms with Crippen LogP contribution in [0.2, 0.25) is 0 Å². The van der Waals surface area contributed by atoms with Gasteiger partial charge in [-0.2, -0.15) is 0 Å². The van der Waals surface area contributed by atoms with Gasteiger partial charge in [-0.05, 0) is 0 Å². The molecule has 0 rings (SSSR count). The summed E-state index contributed by atoms with van der Waals surface area (Å²) in [6, 6.07) is 0. The summed E-state index contributed by atoms with van der Waals surface area (Å²) in [5.41, 5.74) is 0. The third-order valence-corrected chi connectivity index (χ3v) is 0. The molecule has 0 bridgehead atoms. The monoisotopic (exact) mass is 384 g/mol. The fourth-order valence-electron chi connectivity index (χ4n) is 0. The van der Waals surface area contributed by atoms with E-state index in [1.807, 2.05) is 0 Å². The largest absolute Gasteiger partial charge is 4.00 e. The van der Waals surface area contributed by atoms with E-state index < -0.39 is 0 Å². The van der Waals surface area contributed by atoms with Crippen molar-refractivity contribution in [2.45, 2.75) is 0 Å². The maximum absolute atomic E-state index is 0. The van der Waals surface area contributed by atoms with E-state index in [0.29, 0.717) is 0 Å². The number of hydrogen-bond acceptors (Lipinski definition) is 2. The van der Waals surface area contributed by atoms with Gasteiger partial charge in [0.15, 0.2) is 0 Å². The Bertz CT molecular complexity index is 9.65. The summed E-state index contributed by atoms with van der Waals surface area (Å²) in [4.78, 5) is 0. The van der Waals surface area contributed by atoms with Crippen LogP contribution >= 0.6 is 0 Å². The molecule has 0 atom stereocenters. The molecule has 0 aliphatic carbocycles. The molecule has 0 heterocycles. The standard InChI is InChI=1S/Cr.2Cs.2H2O.2O/h;;;2*1H2;;/q+4;2*+1;;;2*-2/p-2. The first kappa shape index (κ1) is 62.9. The molecule has 4 nitrogen and oxygen atoms in total. The van der Waals surface area contributed by atoms with Gasteiger partial charge in [0.2, 0.25) is 0 Å². The molecule has 7 heavy (non-hydrogen) atoms. The first-order valence-corrected chi connectivity index (χ1v) is 0. The van der Waals surface area contributed by atoms with Crippen LogP contribution in [0.25, 0.3) is 0 Å². The second-order valence-electron chi connectivity index (χ2n) is 0. The van der Waals surface area contributed by atoms with Crippen molar-refractivity contribution in [2.75, 3.05) is 0 Å². The molecular formula is H2CrCs2O4. The summed E-state index contributed by atoms with van der Waals surface area (Å²) in [6.45, 7) is 0. The van der Waals surface area contributed by atoms with Crippen LogP contribution in [0, 0.1) is 0 Å². The fourth-order valence-corrected chi connectivity index (χ4v) is 0. The third-order valence-electron chi connectivity index (χ3n) is 0. The van der Waals surface area contributed by atoms with E-state index in [2.05, 4.69) is 0 Å². The van der Waals surface area contributed by atoms with E-state index in [1.54, 1.807) is 0 Å². The Balaban J connectivity index is 0. The maximum Gasteiger partial charge on any atom is 4.00 e. The van der Waals surface area contributed by atoms with Gasteiger partial charge in [0, 0.05) is 0 Å². The molecule has 0 saturated carbocycles. The fraction of sp³-hybridized carbons (Fsp3) is 0. The Hall–Kier alpha value is 4.48. The van der Waals surface area contributed by atoms with Crippen LogP contribution in [-0.2, 0) is 28.3 Å². The zero-order valence-electron chi connectivity index (χ0n) is 4.12. The topological polar surface area (TPSA) is 117 Å². The molecule has 34 valence electrons. The second kappa shape index (κ2) is 47.0. The first-order valence-electron chi connectivity index (χ1n) is 0. The summed E-state index contributed by atoms with van der Waals surface area (Å²) in [5, 5.41) is 0. The van der Waals surface area contributed by atoms with Crippen molar-refractivity contribution >= 4 is 0 Å². The van der Waals surface area contributed by atoms with E-state index in [4.69, 9.17) is 0 Å². The predicted molar refractivity (Wildman–Crippen MR) is 5.24 cm³/mol. The summed E-state index contributed by atoms with van der Waals surface area (Å²) in [5.74, 6) is 0. The Kier molecular flexibility index (Phi) is 422. The van der Waals surface area contributed by atoms with E-state index in [0.717, 1.165) is 0 Å². The quantitative estimate of drug-likeness (QED) is 0.413. The van der Waals surface area contributed by atoms with Crippen molar-refractivity contribution in [2.24, 2.45) is 0 Å². The molecule has 0 aliphatic rings. The van der Waals surface area contributed by atoms with Crippen molar-refractivity contribution < 1.29 is 177 Å². The molecule has 7 heteroatoms. The van der Waals surface area contributed by atoms with Gasteiger partial charge >= 0.3 is 155 Å². The molecule has 0 spiro atoms. The van der Waals surface area contributed by atoms with Crippen molar-refractivity contribution in [3.63, 3.8) is 0 Å². The van der Waals surface area contributed by atoms with Gasteiger partial charge in [0.25, 0.3) is 0 Å². The van der Waals surface area contributed by atoms with Crippen LogP contribution in [0.3, 0.4) is 0 Å². The number of rotatable bonds is 0. The minimum atomic E-state index is 0. The van der Waals surface area contributed by atoms with Gasteiger partial charge in [0.1, 0.15) is 0 Å². The van der Waals surface area contributed by atoms with Gasteiger partial charge in [-0.25, -0.2) is 0 Å². The Labute approximate surface area is 171 Å². The van der Waals surface area contributed by atoms with Crippen LogP contribution in [0.15, 0.2) is 0 Å². The van der Waals surface area contributed by atoms with Crippen molar-refractivity contribution in [1.29, 1.82) is 0 Å². The van der Waals surface area contributed by atoms with Crippen LogP contribution in [-0.4, -0.2) is 11.0 Å². The normalized spacial score (nSPS) is 0. The maximum atomic E-state index is 0. The van der Waals surface area contributed by atoms with Crippen molar-refractivity contribution in [3.8, 4) is 0 Å². The second-order valence-corrected chi connectivity index (χ2v) is 0. The molecule has 0 aromatic carbocycles. The van der Waals surface area contributed by atoms with Crippen LogP contribution in [0.1, 0.15) is 0 Å². The smallest absolute Gasteiger partial charge is 2.00 e. The molecule has 0 aliphatic heterocycles. The predicted octanol–water partition coefficient (Wildman–Crippen LogP) is -6.59. The average molecular weight is 384 g/mol. The SMILES string of the molecule is [Cr+4].[Cs+].[Cs+].[O-2].[O-2].[OH-].[OH-]. The molecule has 0 aromatic rings. The van der Waals surface area contributed by atoms with Crippen LogP contribution in [0.5, 0.6) is 0 Å². The molecule has 0 saturated heterocycles. The van der Waals surface area contributed by atoms with Gasteiger partial charge in [-0.1, -0.05) is 0 Å². The molecule has 0 fully saturated rings. The summed E-state index contributed by atoms with van der Waals surface area (Å²) in [7, 11) is 0. The van der Waals surface area contributed by atoms with Crippen LogP contribution in [0.4, 0.5) is 0 Å². The first-order chi connectivity index (χ1) is 0. The summed E-state index contributed by atoms with van der Waals surface area (Å²) < 4.78 is 0. The average Bonchev–Trinajstić information content (AvgIpc) is 0.